The highest BCUT2D eigenvalue weighted by atomic mass is 31.3. The molecule has 49 heavy (non-hydrogen) atoms. The second kappa shape index (κ2) is 12.6. The highest BCUT2D eigenvalue weighted by Gasteiger charge is 2.50. The standard InChI is InChI=1S/C23H32N10O14P2/c1-8-11-17(27-22(24)26-8)32(6-30(11)2)20-15(36)13(34)9(45-20)4-43-48(39,40)47-49(41,42)44-5-10-14(35)16(37)21(46-10)33-7-31(3)12-18(33)28-23(25)29-19(12)38/h6-7,9-10,13-16,20-21,34-37H,1,4-5H2,2-3H3,(H6-2,24,25,26,27,28,29,38,39,40,41,42)/p+2/t9?,10-,13-,14-,15-,16-,20-,21?/m1/s1. The number of nitrogens with two attached hydrogens (primary N) is 2. The molecule has 26 heteroatoms. The third kappa shape index (κ3) is 6.55. The van der Waals surface area contributed by atoms with E-state index in [0.29, 0.717) is 11.4 Å². The van der Waals surface area contributed by atoms with Crippen molar-refractivity contribution in [2.24, 2.45) is 24.8 Å². The van der Waals surface area contributed by atoms with Gasteiger partial charge in [-0.3, -0.25) is 28.0 Å². The number of aromatic nitrogens is 6. The zero-order valence-electron chi connectivity index (χ0n) is 25.6. The summed E-state index contributed by atoms with van der Waals surface area (Å²) in [5.74, 6) is 0.00940. The number of hydrogen-bond donors (Lipinski definition) is 10. The number of rotatable bonds is 10. The average molecular weight is 737 g/mol. The van der Waals surface area contributed by atoms with E-state index in [2.05, 4.69) is 31.2 Å². The second-order valence-corrected chi connectivity index (χ2v) is 14.4. The van der Waals surface area contributed by atoms with Crippen LogP contribution in [0.2, 0.25) is 0 Å². The Balaban J connectivity index is 1.07. The molecule has 3 aliphatic rings. The van der Waals surface area contributed by atoms with Gasteiger partial charge in [0.05, 0.1) is 33.0 Å². The number of nitrogen functional groups attached to an aromatic ring is 1. The molecule has 0 aliphatic carbocycles. The molecule has 2 saturated heterocycles. The van der Waals surface area contributed by atoms with E-state index >= 15 is 0 Å². The van der Waals surface area contributed by atoms with Crippen molar-refractivity contribution >= 4 is 50.2 Å². The maximum atomic E-state index is 12.6. The van der Waals surface area contributed by atoms with E-state index in [0.717, 1.165) is 0 Å². The van der Waals surface area contributed by atoms with Gasteiger partial charge in [-0.25, -0.2) is 18.3 Å². The van der Waals surface area contributed by atoms with Crippen molar-refractivity contribution in [3.63, 3.8) is 0 Å². The van der Waals surface area contributed by atoms with Crippen molar-refractivity contribution in [3.05, 3.63) is 35.3 Å². The lowest BCUT2D eigenvalue weighted by atomic mass is 10.1. The molecule has 3 aromatic rings. The summed E-state index contributed by atoms with van der Waals surface area (Å²) in [7, 11) is -7.66. The Morgan fingerprint density at radius 1 is 0.939 bits per heavy atom. The number of nitrogens with one attached hydrogen (secondary N) is 2. The predicted molar refractivity (Wildman–Crippen MR) is 159 cm³/mol. The van der Waals surface area contributed by atoms with E-state index in [1.165, 1.54) is 33.4 Å². The molecule has 2 fully saturated rings. The van der Waals surface area contributed by atoms with Crippen LogP contribution in [0, 0.1) is 0 Å². The molecule has 4 unspecified atom stereocenters. The van der Waals surface area contributed by atoms with Gasteiger partial charge in [0.25, 0.3) is 17.5 Å². The predicted octanol–water partition coefficient (Wildman–Crippen LogP) is -4.53. The number of hydrogen-bond acceptors (Lipinski definition) is 17. The van der Waals surface area contributed by atoms with Crippen LogP contribution in [-0.2, 0) is 46.1 Å². The SMILES string of the molecule is C=C1NC(N)=Nc2c1n(C)c[n+]2[C@@H]1OC(COP(=O)(O)OP(=O)(O)OC[C@H]2OC([n+]3cn(C)c4c(=O)[nH]c(N)nc43)[C@H](O)[C@@H]2O)[C@@H](O)[C@H]1O. The number of aryl methyl sites for hydroxylation is 2. The first-order chi connectivity index (χ1) is 22.9. The van der Waals surface area contributed by atoms with Gasteiger partial charge < -0.3 is 56.5 Å². The highest BCUT2D eigenvalue weighted by molar-refractivity contribution is 7.61. The van der Waals surface area contributed by atoms with Crippen LogP contribution in [0.3, 0.4) is 0 Å². The third-order valence-corrected chi connectivity index (χ3v) is 10.5. The molecule has 0 spiro atoms. The molecule has 10 atom stereocenters. The van der Waals surface area contributed by atoms with Crippen LogP contribution in [-0.4, -0.2) is 105 Å². The number of phosphoric ester groups is 2. The smallest absolute Gasteiger partial charge is 0.387 e. The van der Waals surface area contributed by atoms with Crippen molar-refractivity contribution < 1.29 is 71.3 Å². The lowest BCUT2D eigenvalue weighted by Crippen LogP contribution is -2.46. The van der Waals surface area contributed by atoms with Gasteiger partial charge in [-0.05, 0) is 0 Å². The summed E-state index contributed by atoms with van der Waals surface area (Å²) in [6.07, 6.45) is -9.37. The molecule has 12 N–H and O–H groups in total. The van der Waals surface area contributed by atoms with Crippen LogP contribution in [0.4, 0.5) is 11.8 Å². The molecule has 0 radical (unpaired) electrons. The summed E-state index contributed by atoms with van der Waals surface area (Å²) in [5, 5.41) is 45.2. The monoisotopic (exact) mass is 736 g/mol. The van der Waals surface area contributed by atoms with Gasteiger partial charge in [0.1, 0.15) is 36.6 Å². The number of aromatic amines is 1. The number of aliphatic imine (C=N–C) groups is 1. The first-order valence-corrected chi connectivity index (χ1v) is 17.2. The molecule has 3 aromatic heterocycles. The quantitative estimate of drug-likeness (QED) is 0.0692. The normalized spacial score (nSPS) is 30.9. The molecule has 268 valence electrons. The molecule has 0 aromatic carbocycles. The summed E-state index contributed by atoms with van der Waals surface area (Å²) in [6, 6.07) is 0. The zero-order valence-corrected chi connectivity index (χ0v) is 27.4. The van der Waals surface area contributed by atoms with E-state index in [1.807, 2.05) is 0 Å². The van der Waals surface area contributed by atoms with Crippen LogP contribution in [0.25, 0.3) is 16.9 Å². The number of nitrogens with zero attached hydrogens (tertiary/aromatic N) is 6. The Labute approximate surface area is 274 Å². The molecule has 6 rings (SSSR count). The Hall–Kier alpha value is -3.61. The van der Waals surface area contributed by atoms with E-state index < -0.39 is 83.5 Å². The zero-order chi connectivity index (χ0) is 35.7. The largest absolute Gasteiger partial charge is 0.481 e. The van der Waals surface area contributed by atoms with Crippen molar-refractivity contribution in [3.8, 4) is 0 Å². The minimum atomic E-state index is -5.42. The Morgan fingerprint density at radius 2 is 1.47 bits per heavy atom. The number of guanidine groups is 1. The maximum Gasteiger partial charge on any atom is 0.481 e. The Morgan fingerprint density at radius 3 is 2.04 bits per heavy atom. The number of aliphatic hydroxyl groups excluding tert-OH is 4. The summed E-state index contributed by atoms with van der Waals surface area (Å²) in [5.41, 5.74) is 11.8. The lowest BCUT2D eigenvalue weighted by Gasteiger charge is -2.20. The fraction of sp³-hybridized carbons (Fsp3) is 0.522. The molecule has 0 bridgehead atoms. The van der Waals surface area contributed by atoms with Crippen LogP contribution in [0.5, 0.6) is 0 Å². The molecule has 0 saturated carbocycles. The number of ether oxygens (including phenoxy) is 2. The van der Waals surface area contributed by atoms with Gasteiger partial charge in [-0.1, -0.05) is 16.6 Å². The number of anilines is 1. The first-order valence-electron chi connectivity index (χ1n) is 14.2. The molecular formula is C23H34N10O14P2+2. The van der Waals surface area contributed by atoms with Gasteiger partial charge in [0.15, 0.2) is 18.3 Å². The topological polar surface area (TPSA) is 341 Å². The Kier molecular flexibility index (Phi) is 9.07. The fourth-order valence-corrected chi connectivity index (χ4v) is 7.83. The highest BCUT2D eigenvalue weighted by Crippen LogP contribution is 2.60. The van der Waals surface area contributed by atoms with Crippen LogP contribution < -0.4 is 31.5 Å². The summed E-state index contributed by atoms with van der Waals surface area (Å²) >= 11 is 0. The maximum absolute atomic E-state index is 12.6. The van der Waals surface area contributed by atoms with Crippen LogP contribution in [0.15, 0.2) is 29.0 Å². The summed E-state index contributed by atoms with van der Waals surface area (Å²) < 4.78 is 55.9. The van der Waals surface area contributed by atoms with Gasteiger partial charge in [0.2, 0.25) is 18.0 Å². The number of fused-ring (bicyclic) bond motifs is 2. The van der Waals surface area contributed by atoms with Crippen LogP contribution >= 0.6 is 15.6 Å². The van der Waals surface area contributed by atoms with Gasteiger partial charge >= 0.3 is 27.1 Å². The molecule has 0 amide bonds. The fourth-order valence-electron chi connectivity index (χ4n) is 5.74. The second-order valence-electron chi connectivity index (χ2n) is 11.4. The van der Waals surface area contributed by atoms with Gasteiger partial charge in [0, 0.05) is 0 Å². The minimum Gasteiger partial charge on any atom is -0.387 e. The van der Waals surface area contributed by atoms with E-state index in [9.17, 15) is 44.1 Å². The first kappa shape index (κ1) is 35.2. The average Bonchev–Trinajstić information content (AvgIpc) is 3.68. The number of imidazole rings is 2. The number of H-pyrrole nitrogens is 1. The number of aliphatic hydroxyl groups is 4. The van der Waals surface area contributed by atoms with Crippen LogP contribution in [0.1, 0.15) is 18.1 Å². The van der Waals surface area contributed by atoms with Gasteiger partial charge in [-0.2, -0.15) is 4.31 Å². The van der Waals surface area contributed by atoms with Crippen molar-refractivity contribution in [1.29, 1.82) is 0 Å². The van der Waals surface area contributed by atoms with E-state index in [-0.39, 0.29) is 28.9 Å². The molecule has 24 nitrogen and oxygen atoms in total. The van der Waals surface area contributed by atoms with Crippen molar-refractivity contribution in [2.75, 3.05) is 18.9 Å². The molecule has 3 aliphatic heterocycles. The minimum absolute atomic E-state index is 0.00516. The molecular weight excluding hydrogens is 702 g/mol. The lowest BCUT2D eigenvalue weighted by molar-refractivity contribution is -0.754. The number of phosphoric acid groups is 2. The van der Waals surface area contributed by atoms with Gasteiger partial charge in [-0.15, -0.1) is 0 Å². The van der Waals surface area contributed by atoms with Crippen molar-refractivity contribution in [2.45, 2.75) is 49.1 Å². The third-order valence-electron chi connectivity index (χ3n) is 7.92. The summed E-state index contributed by atoms with van der Waals surface area (Å²) in [4.78, 5) is 43.2. The summed E-state index contributed by atoms with van der Waals surface area (Å²) in [6.45, 7) is 2.02. The Bertz CT molecular complexity index is 2000. The van der Waals surface area contributed by atoms with E-state index in [4.69, 9.17) is 30.0 Å². The van der Waals surface area contributed by atoms with E-state index in [1.54, 1.807) is 11.6 Å². The molecule has 6 heterocycles. The van der Waals surface area contributed by atoms with Crippen molar-refractivity contribution in [1.82, 2.24) is 24.4 Å².